The number of nitrogens with zero attached hydrogens (tertiary/aromatic N) is 1. The zero-order valence-corrected chi connectivity index (χ0v) is 15.2. The van der Waals surface area contributed by atoms with Crippen molar-refractivity contribution in [2.24, 2.45) is 0 Å². The summed E-state index contributed by atoms with van der Waals surface area (Å²) in [7, 11) is 0. The lowest BCUT2D eigenvalue weighted by atomic mass is 9.98. The third-order valence-electron chi connectivity index (χ3n) is 4.30. The number of aryl methyl sites for hydroxylation is 1. The Bertz CT molecular complexity index is 579. The van der Waals surface area contributed by atoms with Gasteiger partial charge in [0.15, 0.2) is 0 Å². The Morgan fingerprint density at radius 2 is 2.04 bits per heavy atom. The van der Waals surface area contributed by atoms with E-state index in [9.17, 15) is 14.7 Å². The summed E-state index contributed by atoms with van der Waals surface area (Å²) < 4.78 is 0. The molecule has 0 bridgehead atoms. The Hall–Kier alpha value is -1.92. The van der Waals surface area contributed by atoms with Crippen LogP contribution < -0.4 is 10.6 Å². The molecule has 1 saturated heterocycles. The normalized spacial score (nSPS) is 15.7. The monoisotopic (exact) mass is 347 g/mol. The number of benzene rings is 1. The number of amides is 2. The molecule has 1 aromatic carbocycles. The molecule has 1 aliphatic rings. The predicted octanol–water partition coefficient (Wildman–Crippen LogP) is 0.942. The second-order valence-electron chi connectivity index (χ2n) is 7.24. The van der Waals surface area contributed by atoms with Crippen molar-refractivity contribution in [2.45, 2.75) is 38.7 Å². The van der Waals surface area contributed by atoms with E-state index < -0.39 is 5.60 Å². The highest BCUT2D eigenvalue weighted by atomic mass is 16.3. The molecule has 25 heavy (non-hydrogen) atoms. The SMILES string of the molecule is CC(C)(O)CCc1ccc(C(=O)NCCCN2CCNC(=O)C2)cc1. The molecule has 1 aliphatic heterocycles. The summed E-state index contributed by atoms with van der Waals surface area (Å²) >= 11 is 0. The van der Waals surface area contributed by atoms with Gasteiger partial charge in [-0.05, 0) is 50.8 Å². The summed E-state index contributed by atoms with van der Waals surface area (Å²) in [5, 5.41) is 15.5. The number of piperazine rings is 1. The first-order valence-electron chi connectivity index (χ1n) is 8.92. The first kappa shape index (κ1) is 19.4. The molecule has 0 aliphatic carbocycles. The van der Waals surface area contributed by atoms with E-state index in [-0.39, 0.29) is 11.8 Å². The van der Waals surface area contributed by atoms with Crippen molar-refractivity contribution in [3.05, 3.63) is 35.4 Å². The molecule has 1 fully saturated rings. The number of hydrogen-bond donors (Lipinski definition) is 3. The second-order valence-corrected chi connectivity index (χ2v) is 7.24. The molecule has 0 spiro atoms. The maximum Gasteiger partial charge on any atom is 0.251 e. The van der Waals surface area contributed by atoms with Gasteiger partial charge in [0, 0.05) is 31.7 Å². The lowest BCUT2D eigenvalue weighted by Crippen LogP contribution is -2.48. The Morgan fingerprint density at radius 3 is 2.68 bits per heavy atom. The van der Waals surface area contributed by atoms with Crippen molar-refractivity contribution in [3.63, 3.8) is 0 Å². The van der Waals surface area contributed by atoms with Crippen LogP contribution in [-0.2, 0) is 11.2 Å². The fourth-order valence-corrected chi connectivity index (χ4v) is 2.76. The molecule has 0 unspecified atom stereocenters. The maximum atomic E-state index is 12.1. The van der Waals surface area contributed by atoms with Crippen LogP contribution >= 0.6 is 0 Å². The van der Waals surface area contributed by atoms with E-state index >= 15 is 0 Å². The molecule has 0 aromatic heterocycles. The highest BCUT2D eigenvalue weighted by Gasteiger charge is 2.15. The summed E-state index contributed by atoms with van der Waals surface area (Å²) in [4.78, 5) is 25.5. The van der Waals surface area contributed by atoms with Gasteiger partial charge in [0.05, 0.1) is 12.1 Å². The molecule has 6 nitrogen and oxygen atoms in total. The first-order chi connectivity index (χ1) is 11.8. The zero-order chi connectivity index (χ0) is 18.3. The van der Waals surface area contributed by atoms with E-state index in [0.29, 0.717) is 31.6 Å². The highest BCUT2D eigenvalue weighted by Crippen LogP contribution is 2.13. The van der Waals surface area contributed by atoms with Crippen molar-refractivity contribution in [1.29, 1.82) is 0 Å². The molecule has 3 N–H and O–H groups in total. The minimum Gasteiger partial charge on any atom is -0.390 e. The van der Waals surface area contributed by atoms with Gasteiger partial charge in [0.2, 0.25) is 5.91 Å². The fourth-order valence-electron chi connectivity index (χ4n) is 2.76. The van der Waals surface area contributed by atoms with Crippen LogP contribution in [0.2, 0.25) is 0 Å². The van der Waals surface area contributed by atoms with Crippen molar-refractivity contribution in [3.8, 4) is 0 Å². The van der Waals surface area contributed by atoms with Gasteiger partial charge in [-0.1, -0.05) is 12.1 Å². The molecule has 1 aromatic rings. The van der Waals surface area contributed by atoms with Crippen LogP contribution in [0.4, 0.5) is 0 Å². The van der Waals surface area contributed by atoms with Gasteiger partial charge in [-0.25, -0.2) is 0 Å². The predicted molar refractivity (Wildman–Crippen MR) is 97.5 cm³/mol. The van der Waals surface area contributed by atoms with E-state index in [1.54, 1.807) is 13.8 Å². The van der Waals surface area contributed by atoms with Crippen molar-refractivity contribution >= 4 is 11.8 Å². The Kier molecular flexibility index (Phi) is 6.96. The lowest BCUT2D eigenvalue weighted by molar-refractivity contribution is -0.124. The van der Waals surface area contributed by atoms with Crippen LogP contribution in [0, 0.1) is 0 Å². The van der Waals surface area contributed by atoms with Crippen LogP contribution in [0.15, 0.2) is 24.3 Å². The van der Waals surface area contributed by atoms with Crippen LogP contribution in [0.3, 0.4) is 0 Å². The van der Waals surface area contributed by atoms with Gasteiger partial charge in [-0.3, -0.25) is 14.5 Å². The Labute approximate surface area is 149 Å². The number of rotatable bonds is 8. The fraction of sp³-hybridized carbons (Fsp3) is 0.579. The maximum absolute atomic E-state index is 12.1. The average molecular weight is 347 g/mol. The number of carbonyl (C=O) groups is 2. The van der Waals surface area contributed by atoms with Crippen LogP contribution in [0.25, 0.3) is 0 Å². The molecular formula is C19H29N3O3. The van der Waals surface area contributed by atoms with Gasteiger partial charge >= 0.3 is 0 Å². The summed E-state index contributed by atoms with van der Waals surface area (Å²) in [6.07, 6.45) is 2.30. The smallest absolute Gasteiger partial charge is 0.251 e. The zero-order valence-electron chi connectivity index (χ0n) is 15.2. The Morgan fingerprint density at radius 1 is 1.32 bits per heavy atom. The number of carbonyl (C=O) groups excluding carboxylic acids is 2. The molecule has 0 atom stereocenters. The van der Waals surface area contributed by atoms with E-state index in [1.165, 1.54) is 0 Å². The first-order valence-corrected chi connectivity index (χ1v) is 8.92. The second kappa shape index (κ2) is 8.97. The number of aliphatic hydroxyl groups is 1. The average Bonchev–Trinajstić information content (AvgIpc) is 2.56. The quantitative estimate of drug-likeness (QED) is 0.612. The van der Waals surface area contributed by atoms with Gasteiger partial charge in [0.1, 0.15) is 0 Å². The summed E-state index contributed by atoms with van der Waals surface area (Å²) in [5.74, 6) is -0.00890. The molecule has 6 heteroatoms. The van der Waals surface area contributed by atoms with Crippen LogP contribution in [-0.4, -0.2) is 60.1 Å². The summed E-state index contributed by atoms with van der Waals surface area (Å²) in [5.41, 5.74) is 1.08. The minimum absolute atomic E-state index is 0.0694. The van der Waals surface area contributed by atoms with Crippen molar-refractivity contribution < 1.29 is 14.7 Å². The van der Waals surface area contributed by atoms with Gasteiger partial charge < -0.3 is 15.7 Å². The lowest BCUT2D eigenvalue weighted by Gasteiger charge is -2.26. The molecule has 0 saturated carbocycles. The topological polar surface area (TPSA) is 81.7 Å². The molecular weight excluding hydrogens is 318 g/mol. The summed E-state index contributed by atoms with van der Waals surface area (Å²) in [6.45, 7) is 7.01. The molecule has 2 amide bonds. The summed E-state index contributed by atoms with van der Waals surface area (Å²) in [6, 6.07) is 7.52. The highest BCUT2D eigenvalue weighted by molar-refractivity contribution is 5.94. The van der Waals surface area contributed by atoms with E-state index in [0.717, 1.165) is 31.5 Å². The minimum atomic E-state index is -0.676. The molecule has 138 valence electrons. The largest absolute Gasteiger partial charge is 0.390 e. The van der Waals surface area contributed by atoms with E-state index in [2.05, 4.69) is 15.5 Å². The van der Waals surface area contributed by atoms with Crippen LogP contribution in [0.1, 0.15) is 42.6 Å². The van der Waals surface area contributed by atoms with Crippen molar-refractivity contribution in [2.75, 3.05) is 32.7 Å². The molecule has 0 radical (unpaired) electrons. The molecule has 2 rings (SSSR count). The third-order valence-corrected chi connectivity index (χ3v) is 4.30. The third kappa shape index (κ3) is 7.23. The molecule has 1 heterocycles. The van der Waals surface area contributed by atoms with Crippen molar-refractivity contribution in [1.82, 2.24) is 15.5 Å². The standard InChI is InChI=1S/C19H29N3O3/c1-19(2,25)9-8-15-4-6-16(7-5-15)18(24)21-10-3-12-22-13-11-20-17(23)14-22/h4-7,25H,3,8-14H2,1-2H3,(H,20,23)(H,21,24). The van der Waals surface area contributed by atoms with E-state index in [4.69, 9.17) is 0 Å². The van der Waals surface area contributed by atoms with Gasteiger partial charge in [-0.2, -0.15) is 0 Å². The van der Waals surface area contributed by atoms with Gasteiger partial charge in [-0.15, -0.1) is 0 Å². The van der Waals surface area contributed by atoms with E-state index in [1.807, 2.05) is 24.3 Å². The van der Waals surface area contributed by atoms with Crippen LogP contribution in [0.5, 0.6) is 0 Å². The Balaban J connectivity index is 1.69. The van der Waals surface area contributed by atoms with Gasteiger partial charge in [0.25, 0.3) is 5.91 Å². The number of nitrogens with one attached hydrogen (secondary N) is 2. The number of hydrogen-bond acceptors (Lipinski definition) is 4.